The van der Waals surface area contributed by atoms with Crippen LogP contribution in [0, 0.1) is 0 Å². The van der Waals surface area contributed by atoms with Gasteiger partial charge in [0.05, 0.1) is 6.42 Å². The molecule has 1 atom stereocenters. The standard InChI is InChI=1S/C6H8O7/c7-3(8)1-6(13,5(11)12)2-4(9)10/h1,7-8,13H,2H2,(H,9,10)(H,11,12)/t6-/m1/s1. The summed E-state index contributed by atoms with van der Waals surface area (Å²) < 4.78 is 0. The van der Waals surface area contributed by atoms with Crippen molar-refractivity contribution in [1.29, 1.82) is 0 Å². The van der Waals surface area contributed by atoms with Gasteiger partial charge in [-0.1, -0.05) is 0 Å². The molecular weight excluding hydrogens is 184 g/mol. The SMILES string of the molecule is O=C(O)C[C@](O)(C=C(O)O)C(=O)O. The first-order valence-electron chi connectivity index (χ1n) is 3.06. The van der Waals surface area contributed by atoms with E-state index in [0.717, 1.165) is 0 Å². The van der Waals surface area contributed by atoms with Gasteiger partial charge in [0, 0.05) is 6.08 Å². The van der Waals surface area contributed by atoms with Gasteiger partial charge < -0.3 is 25.5 Å². The molecule has 0 radical (unpaired) electrons. The van der Waals surface area contributed by atoms with Crippen molar-refractivity contribution in [2.24, 2.45) is 0 Å². The van der Waals surface area contributed by atoms with Crippen LogP contribution in [-0.4, -0.2) is 43.1 Å². The second kappa shape index (κ2) is 3.76. The van der Waals surface area contributed by atoms with Gasteiger partial charge in [-0.15, -0.1) is 0 Å². The zero-order valence-electron chi connectivity index (χ0n) is 6.34. The quantitative estimate of drug-likeness (QED) is 0.369. The number of aliphatic carboxylic acids is 2. The zero-order valence-corrected chi connectivity index (χ0v) is 6.34. The van der Waals surface area contributed by atoms with Gasteiger partial charge in [-0.25, -0.2) is 4.79 Å². The molecule has 0 bridgehead atoms. The van der Waals surface area contributed by atoms with E-state index in [4.69, 9.17) is 25.5 Å². The maximum Gasteiger partial charge on any atom is 0.340 e. The summed E-state index contributed by atoms with van der Waals surface area (Å²) in [6, 6.07) is 0. The first kappa shape index (κ1) is 11.2. The Labute approximate surface area is 72.2 Å². The van der Waals surface area contributed by atoms with Crippen molar-refractivity contribution < 1.29 is 35.1 Å². The Morgan fingerprint density at radius 2 is 1.62 bits per heavy atom. The molecule has 7 heteroatoms. The van der Waals surface area contributed by atoms with Gasteiger partial charge in [-0.2, -0.15) is 0 Å². The van der Waals surface area contributed by atoms with Crippen LogP contribution in [0.1, 0.15) is 6.42 Å². The highest BCUT2D eigenvalue weighted by molar-refractivity contribution is 5.85. The summed E-state index contributed by atoms with van der Waals surface area (Å²) in [4.78, 5) is 20.4. The molecule has 0 amide bonds. The molecule has 0 spiro atoms. The highest BCUT2D eigenvalue weighted by Crippen LogP contribution is 2.13. The van der Waals surface area contributed by atoms with Crippen LogP contribution >= 0.6 is 0 Å². The highest BCUT2D eigenvalue weighted by atomic mass is 16.5. The van der Waals surface area contributed by atoms with Crippen molar-refractivity contribution in [2.45, 2.75) is 12.0 Å². The maximum absolute atomic E-state index is 10.3. The van der Waals surface area contributed by atoms with E-state index in [1.165, 1.54) is 0 Å². The van der Waals surface area contributed by atoms with Gasteiger partial charge in [0.25, 0.3) is 5.95 Å². The second-order valence-electron chi connectivity index (χ2n) is 2.30. The third-order valence-electron chi connectivity index (χ3n) is 1.16. The number of carboxylic acid groups (broad SMARTS) is 2. The van der Waals surface area contributed by atoms with Gasteiger partial charge in [0.15, 0.2) is 5.60 Å². The van der Waals surface area contributed by atoms with Crippen molar-refractivity contribution >= 4 is 11.9 Å². The first-order chi connectivity index (χ1) is 5.78. The van der Waals surface area contributed by atoms with E-state index in [1.807, 2.05) is 0 Å². The van der Waals surface area contributed by atoms with Gasteiger partial charge in [0.2, 0.25) is 0 Å². The summed E-state index contributed by atoms with van der Waals surface area (Å²) >= 11 is 0. The summed E-state index contributed by atoms with van der Waals surface area (Å²) in [5.74, 6) is -4.91. The molecule has 5 N–H and O–H groups in total. The van der Waals surface area contributed by atoms with E-state index >= 15 is 0 Å². The summed E-state index contributed by atoms with van der Waals surface area (Å²) in [7, 11) is 0. The number of carboxylic acids is 2. The first-order valence-corrected chi connectivity index (χ1v) is 3.06. The van der Waals surface area contributed by atoms with Gasteiger partial charge in [-0.3, -0.25) is 4.79 Å². The molecular formula is C6H8O7. The van der Waals surface area contributed by atoms with E-state index in [0.29, 0.717) is 0 Å². The van der Waals surface area contributed by atoms with Crippen LogP contribution in [0.4, 0.5) is 0 Å². The Morgan fingerprint density at radius 1 is 1.15 bits per heavy atom. The summed E-state index contributed by atoms with van der Waals surface area (Å²) in [6.45, 7) is 0. The van der Waals surface area contributed by atoms with Gasteiger partial charge >= 0.3 is 11.9 Å². The minimum absolute atomic E-state index is 0.128. The fraction of sp³-hybridized carbons (Fsp3) is 0.333. The molecule has 0 heterocycles. The van der Waals surface area contributed by atoms with E-state index < -0.39 is 29.9 Å². The van der Waals surface area contributed by atoms with Crippen molar-refractivity contribution in [2.75, 3.05) is 0 Å². The van der Waals surface area contributed by atoms with E-state index in [9.17, 15) is 9.59 Å². The molecule has 0 fully saturated rings. The second-order valence-corrected chi connectivity index (χ2v) is 2.30. The Bertz CT molecular complexity index is 252. The Hall–Kier alpha value is -1.76. The molecule has 74 valence electrons. The molecule has 0 saturated carbocycles. The number of hydrogen-bond acceptors (Lipinski definition) is 5. The van der Waals surface area contributed by atoms with Crippen LogP contribution in [0.3, 0.4) is 0 Å². The predicted octanol–water partition coefficient (Wildman–Crippen LogP) is -0.766. The van der Waals surface area contributed by atoms with Crippen LogP contribution in [-0.2, 0) is 9.59 Å². The summed E-state index contributed by atoms with van der Waals surface area (Å²) in [5, 5.41) is 42.1. The molecule has 0 aromatic carbocycles. The Morgan fingerprint density at radius 3 is 1.85 bits per heavy atom. The molecule has 0 rings (SSSR count). The fourth-order valence-corrected chi connectivity index (χ4v) is 0.633. The lowest BCUT2D eigenvalue weighted by Gasteiger charge is -2.15. The monoisotopic (exact) mass is 192 g/mol. The lowest BCUT2D eigenvalue weighted by atomic mass is 10.0. The van der Waals surface area contributed by atoms with Crippen molar-refractivity contribution in [1.82, 2.24) is 0 Å². The molecule has 0 aromatic heterocycles. The Balaban J connectivity index is 4.84. The molecule has 13 heavy (non-hydrogen) atoms. The number of aliphatic hydroxyl groups excluding tert-OH is 1. The molecule has 0 aliphatic carbocycles. The lowest BCUT2D eigenvalue weighted by molar-refractivity contribution is -0.160. The van der Waals surface area contributed by atoms with Crippen molar-refractivity contribution in [3.05, 3.63) is 12.0 Å². The van der Waals surface area contributed by atoms with E-state index in [1.54, 1.807) is 0 Å². The van der Waals surface area contributed by atoms with Gasteiger partial charge in [-0.05, 0) is 0 Å². The van der Waals surface area contributed by atoms with Crippen LogP contribution in [0.25, 0.3) is 0 Å². The number of carbonyl (C=O) groups is 2. The molecule has 7 nitrogen and oxygen atoms in total. The van der Waals surface area contributed by atoms with Crippen LogP contribution in [0.15, 0.2) is 12.0 Å². The summed E-state index contributed by atoms with van der Waals surface area (Å²) in [6.07, 6.45) is -1.03. The predicted molar refractivity (Wildman–Crippen MR) is 38.2 cm³/mol. The maximum atomic E-state index is 10.3. The largest absolute Gasteiger partial charge is 0.481 e. The normalized spacial score (nSPS) is 14.2. The third-order valence-corrected chi connectivity index (χ3v) is 1.16. The summed E-state index contributed by atoms with van der Waals surface area (Å²) in [5.41, 5.74) is -2.80. The number of aliphatic hydroxyl groups is 3. The van der Waals surface area contributed by atoms with Gasteiger partial charge in [0.1, 0.15) is 0 Å². The topological polar surface area (TPSA) is 135 Å². The molecule has 0 unspecified atom stereocenters. The highest BCUT2D eigenvalue weighted by Gasteiger charge is 2.37. The fourth-order valence-electron chi connectivity index (χ4n) is 0.633. The van der Waals surface area contributed by atoms with Crippen LogP contribution in [0.5, 0.6) is 0 Å². The average molecular weight is 192 g/mol. The molecule has 0 aliphatic rings. The number of rotatable bonds is 4. The van der Waals surface area contributed by atoms with Crippen molar-refractivity contribution in [3.8, 4) is 0 Å². The minimum Gasteiger partial charge on any atom is -0.481 e. The zero-order chi connectivity index (χ0) is 10.6. The smallest absolute Gasteiger partial charge is 0.340 e. The minimum atomic E-state index is -2.80. The lowest BCUT2D eigenvalue weighted by Crippen LogP contribution is -2.39. The molecule has 0 aromatic rings. The van der Waals surface area contributed by atoms with Crippen LogP contribution < -0.4 is 0 Å². The molecule has 0 saturated heterocycles. The third kappa shape index (κ3) is 3.43. The van der Waals surface area contributed by atoms with E-state index in [2.05, 4.69) is 0 Å². The Kier molecular flexibility index (Phi) is 3.25. The van der Waals surface area contributed by atoms with Crippen molar-refractivity contribution in [3.63, 3.8) is 0 Å². The number of hydrogen-bond donors (Lipinski definition) is 5. The average Bonchev–Trinajstić information content (AvgIpc) is 1.82. The molecule has 0 aliphatic heterocycles. The van der Waals surface area contributed by atoms with E-state index in [-0.39, 0.29) is 6.08 Å². The van der Waals surface area contributed by atoms with Crippen LogP contribution in [0.2, 0.25) is 0 Å².